The van der Waals surface area contributed by atoms with Crippen molar-refractivity contribution in [2.45, 2.75) is 40.3 Å². The van der Waals surface area contributed by atoms with Gasteiger partial charge in [-0.3, -0.25) is 14.5 Å². The van der Waals surface area contributed by atoms with Crippen LogP contribution in [0.1, 0.15) is 32.9 Å². The minimum atomic E-state index is -0.344. The van der Waals surface area contributed by atoms with Crippen molar-refractivity contribution in [3.63, 3.8) is 0 Å². The van der Waals surface area contributed by atoms with Crippen LogP contribution in [0.3, 0.4) is 0 Å². The maximum Gasteiger partial charge on any atom is 0.228 e. The molecule has 0 radical (unpaired) electrons. The van der Waals surface area contributed by atoms with Crippen molar-refractivity contribution in [3.8, 4) is 11.3 Å². The smallest absolute Gasteiger partial charge is 0.228 e. The Labute approximate surface area is 131 Å². The molecule has 0 spiro atoms. The van der Waals surface area contributed by atoms with Gasteiger partial charge in [-0.05, 0) is 24.6 Å². The molecule has 2 aromatic heterocycles. The van der Waals surface area contributed by atoms with E-state index >= 15 is 0 Å². The predicted octanol–water partition coefficient (Wildman–Crippen LogP) is 2.72. The number of amides is 1. The van der Waals surface area contributed by atoms with E-state index in [0.717, 1.165) is 36.5 Å². The van der Waals surface area contributed by atoms with Crippen molar-refractivity contribution >= 4 is 5.91 Å². The highest BCUT2D eigenvalue weighted by Gasteiger charge is 2.29. The Morgan fingerprint density at radius 1 is 1.18 bits per heavy atom. The van der Waals surface area contributed by atoms with Crippen molar-refractivity contribution in [1.29, 1.82) is 0 Å². The summed E-state index contributed by atoms with van der Waals surface area (Å²) in [6.45, 7) is 8.20. The largest absolute Gasteiger partial charge is 0.336 e. The van der Waals surface area contributed by atoms with E-state index in [1.165, 1.54) is 0 Å². The lowest BCUT2D eigenvalue weighted by atomic mass is 9.94. The zero-order valence-corrected chi connectivity index (χ0v) is 13.4. The van der Waals surface area contributed by atoms with Crippen molar-refractivity contribution in [2.75, 3.05) is 6.54 Å². The average molecular weight is 298 g/mol. The molecule has 0 aromatic carbocycles. The molecule has 0 saturated carbocycles. The molecule has 0 atom stereocenters. The molecule has 2 aromatic rings. The van der Waals surface area contributed by atoms with Crippen LogP contribution in [0, 0.1) is 5.41 Å². The molecule has 5 heteroatoms. The first-order chi connectivity index (χ1) is 10.4. The Balaban J connectivity index is 1.88. The molecule has 0 aliphatic carbocycles. The Kier molecular flexibility index (Phi) is 3.72. The first-order valence-corrected chi connectivity index (χ1v) is 7.71. The van der Waals surface area contributed by atoms with Crippen LogP contribution in [0.5, 0.6) is 0 Å². The number of hydrogen-bond donors (Lipinski definition) is 0. The van der Waals surface area contributed by atoms with Crippen molar-refractivity contribution < 1.29 is 4.79 Å². The topological polar surface area (TPSA) is 51.0 Å². The van der Waals surface area contributed by atoms with Gasteiger partial charge >= 0.3 is 0 Å². The van der Waals surface area contributed by atoms with Gasteiger partial charge in [-0.2, -0.15) is 5.10 Å². The fraction of sp³-hybridized carbons (Fsp3) is 0.471. The minimum absolute atomic E-state index is 0.201. The second-order valence-corrected chi connectivity index (χ2v) is 6.81. The van der Waals surface area contributed by atoms with E-state index in [2.05, 4.69) is 16.1 Å². The van der Waals surface area contributed by atoms with E-state index in [1.54, 1.807) is 12.4 Å². The molecule has 116 valence electrons. The van der Waals surface area contributed by atoms with Crippen LogP contribution in [-0.4, -0.2) is 32.1 Å². The molecule has 1 amide bonds. The molecule has 5 nitrogen and oxygen atoms in total. The fourth-order valence-corrected chi connectivity index (χ4v) is 2.77. The summed E-state index contributed by atoms with van der Waals surface area (Å²) in [5.41, 5.74) is 2.76. The Hall–Kier alpha value is -2.17. The summed E-state index contributed by atoms with van der Waals surface area (Å²) in [6.07, 6.45) is 4.48. The maximum absolute atomic E-state index is 12.5. The Morgan fingerprint density at radius 3 is 2.59 bits per heavy atom. The molecule has 0 bridgehead atoms. The Bertz CT molecular complexity index is 670. The molecule has 1 aliphatic rings. The molecule has 3 heterocycles. The number of aromatic nitrogens is 3. The van der Waals surface area contributed by atoms with Crippen molar-refractivity contribution in [3.05, 3.63) is 36.3 Å². The minimum Gasteiger partial charge on any atom is -0.336 e. The van der Waals surface area contributed by atoms with E-state index in [1.807, 2.05) is 42.5 Å². The number of hydrogen-bond acceptors (Lipinski definition) is 3. The van der Waals surface area contributed by atoms with Crippen LogP contribution in [-0.2, 0) is 17.9 Å². The van der Waals surface area contributed by atoms with Gasteiger partial charge in [-0.1, -0.05) is 20.8 Å². The van der Waals surface area contributed by atoms with Gasteiger partial charge in [0.1, 0.15) is 0 Å². The molecule has 0 fully saturated rings. The molecular formula is C17H22N4O. The molecule has 0 saturated heterocycles. The lowest BCUT2D eigenvalue weighted by molar-refractivity contribution is -0.140. The van der Waals surface area contributed by atoms with Gasteiger partial charge < -0.3 is 4.90 Å². The van der Waals surface area contributed by atoms with Gasteiger partial charge in [0.05, 0.1) is 17.9 Å². The highest BCUT2D eigenvalue weighted by atomic mass is 16.2. The number of pyridine rings is 1. The molecule has 22 heavy (non-hydrogen) atoms. The third kappa shape index (κ3) is 2.89. The summed E-state index contributed by atoms with van der Waals surface area (Å²) in [6, 6.07) is 6.00. The highest BCUT2D eigenvalue weighted by Crippen LogP contribution is 2.24. The molecule has 0 N–H and O–H groups in total. The number of rotatable bonds is 1. The maximum atomic E-state index is 12.5. The molecule has 1 aliphatic heterocycles. The van der Waals surface area contributed by atoms with Crippen LogP contribution < -0.4 is 0 Å². The van der Waals surface area contributed by atoms with Gasteiger partial charge in [0.2, 0.25) is 5.91 Å². The number of fused-ring (bicyclic) bond motifs is 1. The summed E-state index contributed by atoms with van der Waals surface area (Å²) in [4.78, 5) is 18.5. The van der Waals surface area contributed by atoms with Crippen LogP contribution >= 0.6 is 0 Å². The Morgan fingerprint density at radius 2 is 1.91 bits per heavy atom. The SMILES string of the molecule is CC(C)(C)C(=O)N1CCCn2nc(-c3ccncc3)cc2C1. The first kappa shape index (κ1) is 14.8. The highest BCUT2D eigenvalue weighted by molar-refractivity contribution is 5.81. The van der Waals surface area contributed by atoms with Gasteiger partial charge in [-0.25, -0.2) is 0 Å². The number of carbonyl (C=O) groups excluding carboxylic acids is 1. The summed E-state index contributed by atoms with van der Waals surface area (Å²) < 4.78 is 2.03. The number of carbonyl (C=O) groups is 1. The van der Waals surface area contributed by atoms with Gasteiger partial charge in [-0.15, -0.1) is 0 Å². The summed E-state index contributed by atoms with van der Waals surface area (Å²) in [5.74, 6) is 0.201. The van der Waals surface area contributed by atoms with E-state index in [-0.39, 0.29) is 11.3 Å². The number of nitrogens with zero attached hydrogens (tertiary/aromatic N) is 4. The average Bonchev–Trinajstić information content (AvgIpc) is 2.78. The lowest BCUT2D eigenvalue weighted by Gasteiger charge is -2.28. The predicted molar refractivity (Wildman–Crippen MR) is 84.9 cm³/mol. The second-order valence-electron chi connectivity index (χ2n) is 6.81. The molecule has 0 unspecified atom stereocenters. The third-order valence-electron chi connectivity index (χ3n) is 3.92. The van der Waals surface area contributed by atoms with Crippen LogP contribution in [0.25, 0.3) is 11.3 Å². The van der Waals surface area contributed by atoms with Crippen LogP contribution in [0.4, 0.5) is 0 Å². The standard InChI is InChI=1S/C17H22N4O/c1-17(2,3)16(22)20-9-4-10-21-14(12-20)11-15(19-21)13-5-7-18-8-6-13/h5-8,11H,4,9-10,12H2,1-3H3. The zero-order valence-electron chi connectivity index (χ0n) is 13.4. The van der Waals surface area contributed by atoms with E-state index in [9.17, 15) is 4.79 Å². The van der Waals surface area contributed by atoms with Gasteiger partial charge in [0, 0.05) is 36.5 Å². The van der Waals surface area contributed by atoms with Gasteiger partial charge in [0.15, 0.2) is 0 Å². The van der Waals surface area contributed by atoms with Crippen LogP contribution in [0.2, 0.25) is 0 Å². The van der Waals surface area contributed by atoms with E-state index < -0.39 is 0 Å². The summed E-state index contributed by atoms with van der Waals surface area (Å²) in [5, 5.41) is 4.69. The van der Waals surface area contributed by atoms with Crippen LogP contribution in [0.15, 0.2) is 30.6 Å². The quantitative estimate of drug-likeness (QED) is 0.813. The molecular weight excluding hydrogens is 276 g/mol. The van der Waals surface area contributed by atoms with Crippen molar-refractivity contribution in [1.82, 2.24) is 19.7 Å². The third-order valence-corrected chi connectivity index (χ3v) is 3.92. The zero-order chi connectivity index (χ0) is 15.7. The van der Waals surface area contributed by atoms with Crippen molar-refractivity contribution in [2.24, 2.45) is 5.41 Å². The normalized spacial score (nSPS) is 15.3. The fourth-order valence-electron chi connectivity index (χ4n) is 2.77. The van der Waals surface area contributed by atoms with Gasteiger partial charge in [0.25, 0.3) is 0 Å². The monoisotopic (exact) mass is 298 g/mol. The molecule has 3 rings (SSSR count). The summed E-state index contributed by atoms with van der Waals surface area (Å²) >= 11 is 0. The van der Waals surface area contributed by atoms with E-state index in [4.69, 9.17) is 0 Å². The van der Waals surface area contributed by atoms with E-state index in [0.29, 0.717) is 6.54 Å². The first-order valence-electron chi connectivity index (χ1n) is 7.71. The summed E-state index contributed by atoms with van der Waals surface area (Å²) in [7, 11) is 0. The number of aryl methyl sites for hydroxylation is 1. The second kappa shape index (κ2) is 5.55. The lowest BCUT2D eigenvalue weighted by Crippen LogP contribution is -2.39.